The van der Waals surface area contributed by atoms with Crippen LogP contribution in [0.25, 0.3) is 5.69 Å². The third-order valence-corrected chi connectivity index (χ3v) is 2.37. The molecule has 17 heavy (non-hydrogen) atoms. The number of hydrogen-bond acceptors (Lipinski definition) is 2. The maximum atomic E-state index is 11.8. The molecule has 2 rings (SSSR count). The highest BCUT2D eigenvalue weighted by molar-refractivity contribution is 5.70. The lowest BCUT2D eigenvalue weighted by molar-refractivity contribution is -0.136. The smallest absolute Gasteiger partial charge is 0.307 e. The molecule has 2 aromatic rings. The van der Waals surface area contributed by atoms with Gasteiger partial charge in [0.2, 0.25) is 0 Å². The lowest BCUT2D eigenvalue weighted by atomic mass is 10.2. The molecule has 0 aliphatic carbocycles. The number of carbonyl (C=O) groups is 1. The van der Waals surface area contributed by atoms with E-state index < -0.39 is 5.97 Å². The van der Waals surface area contributed by atoms with E-state index in [1.165, 1.54) is 10.6 Å². The number of pyridine rings is 1. The highest BCUT2D eigenvalue weighted by atomic mass is 16.4. The number of hydrogen-bond donors (Lipinski definition) is 1. The molecule has 1 heterocycles. The van der Waals surface area contributed by atoms with Gasteiger partial charge in [-0.3, -0.25) is 14.2 Å². The normalized spacial score (nSPS) is 10.1. The average Bonchev–Trinajstić information content (AvgIpc) is 2.29. The number of benzene rings is 1. The van der Waals surface area contributed by atoms with Gasteiger partial charge in [-0.05, 0) is 23.8 Å². The Morgan fingerprint density at radius 1 is 1.18 bits per heavy atom. The highest BCUT2D eigenvalue weighted by Crippen LogP contribution is 2.05. The van der Waals surface area contributed by atoms with Crippen molar-refractivity contribution in [2.75, 3.05) is 0 Å². The van der Waals surface area contributed by atoms with E-state index in [-0.39, 0.29) is 12.0 Å². The Kier molecular flexibility index (Phi) is 3.05. The summed E-state index contributed by atoms with van der Waals surface area (Å²) in [6.07, 6.45) is 1.46. The monoisotopic (exact) mass is 229 g/mol. The largest absolute Gasteiger partial charge is 0.481 e. The van der Waals surface area contributed by atoms with E-state index in [1.54, 1.807) is 12.3 Å². The third-order valence-electron chi connectivity index (χ3n) is 2.37. The Bertz CT molecular complexity index is 587. The van der Waals surface area contributed by atoms with Gasteiger partial charge in [-0.15, -0.1) is 0 Å². The molecule has 0 amide bonds. The van der Waals surface area contributed by atoms with E-state index in [4.69, 9.17) is 5.11 Å². The van der Waals surface area contributed by atoms with Gasteiger partial charge in [-0.1, -0.05) is 18.2 Å². The summed E-state index contributed by atoms with van der Waals surface area (Å²) in [4.78, 5) is 22.3. The van der Waals surface area contributed by atoms with Crippen molar-refractivity contribution in [3.63, 3.8) is 0 Å². The minimum atomic E-state index is -0.943. The average molecular weight is 229 g/mol. The lowest BCUT2D eigenvalue weighted by Gasteiger charge is -2.05. The Balaban J connectivity index is 2.39. The van der Waals surface area contributed by atoms with Crippen molar-refractivity contribution in [2.45, 2.75) is 6.42 Å². The van der Waals surface area contributed by atoms with Gasteiger partial charge in [0.15, 0.2) is 0 Å². The second kappa shape index (κ2) is 4.65. The number of rotatable bonds is 3. The van der Waals surface area contributed by atoms with Crippen molar-refractivity contribution < 1.29 is 9.90 Å². The molecule has 0 unspecified atom stereocenters. The Morgan fingerprint density at radius 2 is 1.88 bits per heavy atom. The zero-order valence-electron chi connectivity index (χ0n) is 9.04. The van der Waals surface area contributed by atoms with Crippen LogP contribution >= 0.6 is 0 Å². The molecule has 0 spiro atoms. The molecule has 4 nitrogen and oxygen atoms in total. The van der Waals surface area contributed by atoms with Gasteiger partial charge < -0.3 is 5.11 Å². The van der Waals surface area contributed by atoms with Gasteiger partial charge in [0.05, 0.1) is 6.42 Å². The molecule has 1 aromatic heterocycles. The minimum Gasteiger partial charge on any atom is -0.481 e. The summed E-state index contributed by atoms with van der Waals surface area (Å²) in [7, 11) is 0. The Labute approximate surface area is 97.8 Å². The minimum absolute atomic E-state index is 0.134. The zero-order chi connectivity index (χ0) is 12.3. The Morgan fingerprint density at radius 3 is 2.47 bits per heavy atom. The van der Waals surface area contributed by atoms with E-state index in [0.29, 0.717) is 5.56 Å². The van der Waals surface area contributed by atoms with E-state index in [0.717, 1.165) is 5.69 Å². The first kappa shape index (κ1) is 11.1. The Hall–Kier alpha value is -2.36. The maximum absolute atomic E-state index is 11.8. The third kappa shape index (κ3) is 2.60. The van der Waals surface area contributed by atoms with Crippen molar-refractivity contribution in [1.82, 2.24) is 4.57 Å². The molecule has 0 atom stereocenters. The van der Waals surface area contributed by atoms with E-state index >= 15 is 0 Å². The number of nitrogens with zero attached hydrogens (tertiary/aromatic N) is 1. The SMILES string of the molecule is O=C(O)Cc1ccn(-c2ccccc2)c(=O)c1. The predicted octanol–water partition coefficient (Wildman–Crippen LogP) is 1.46. The summed E-state index contributed by atoms with van der Waals surface area (Å²) in [6.45, 7) is 0. The molecule has 0 aliphatic heterocycles. The van der Waals surface area contributed by atoms with E-state index in [1.807, 2.05) is 30.3 Å². The van der Waals surface area contributed by atoms with Gasteiger partial charge in [0.25, 0.3) is 5.56 Å². The number of para-hydroxylation sites is 1. The molecular formula is C13H11NO3. The highest BCUT2D eigenvalue weighted by Gasteiger charge is 2.03. The fourth-order valence-corrected chi connectivity index (χ4v) is 1.61. The van der Waals surface area contributed by atoms with Crippen LogP contribution in [0.2, 0.25) is 0 Å². The molecule has 0 saturated carbocycles. The molecule has 1 N–H and O–H groups in total. The number of carboxylic acid groups (broad SMARTS) is 1. The molecular weight excluding hydrogens is 218 g/mol. The molecule has 0 radical (unpaired) electrons. The topological polar surface area (TPSA) is 59.3 Å². The van der Waals surface area contributed by atoms with Gasteiger partial charge in [0, 0.05) is 18.0 Å². The van der Waals surface area contributed by atoms with Gasteiger partial charge in [-0.25, -0.2) is 0 Å². The van der Waals surface area contributed by atoms with Crippen molar-refractivity contribution in [3.05, 3.63) is 64.6 Å². The number of aliphatic carboxylic acids is 1. The standard InChI is InChI=1S/C13H11NO3/c15-12-8-10(9-13(16)17)6-7-14(12)11-4-2-1-3-5-11/h1-8H,9H2,(H,16,17). The number of carboxylic acids is 1. The molecule has 0 saturated heterocycles. The van der Waals surface area contributed by atoms with Crippen LogP contribution in [0, 0.1) is 0 Å². The summed E-state index contributed by atoms with van der Waals surface area (Å²) in [5, 5.41) is 8.64. The van der Waals surface area contributed by atoms with Crippen LogP contribution in [-0.4, -0.2) is 15.6 Å². The first-order chi connectivity index (χ1) is 8.16. The summed E-state index contributed by atoms with van der Waals surface area (Å²) >= 11 is 0. The van der Waals surface area contributed by atoms with Crippen LogP contribution in [0.15, 0.2) is 53.5 Å². The van der Waals surface area contributed by atoms with Gasteiger partial charge >= 0.3 is 5.97 Å². The second-order valence-electron chi connectivity index (χ2n) is 3.65. The summed E-state index contributed by atoms with van der Waals surface area (Å²) in [5.41, 5.74) is 1.05. The fourth-order valence-electron chi connectivity index (χ4n) is 1.61. The predicted molar refractivity (Wildman–Crippen MR) is 63.4 cm³/mol. The van der Waals surface area contributed by atoms with Crippen molar-refractivity contribution in [2.24, 2.45) is 0 Å². The van der Waals surface area contributed by atoms with Crippen LogP contribution in [-0.2, 0) is 11.2 Å². The summed E-state index contributed by atoms with van der Waals surface area (Å²) in [6, 6.07) is 12.2. The van der Waals surface area contributed by atoms with Crippen molar-refractivity contribution in [1.29, 1.82) is 0 Å². The zero-order valence-corrected chi connectivity index (χ0v) is 9.04. The first-order valence-corrected chi connectivity index (χ1v) is 5.15. The fraction of sp³-hybridized carbons (Fsp3) is 0.0769. The molecule has 4 heteroatoms. The second-order valence-corrected chi connectivity index (χ2v) is 3.65. The van der Waals surface area contributed by atoms with Gasteiger partial charge in [0.1, 0.15) is 0 Å². The first-order valence-electron chi connectivity index (χ1n) is 5.15. The van der Waals surface area contributed by atoms with E-state index in [9.17, 15) is 9.59 Å². The van der Waals surface area contributed by atoms with Crippen LogP contribution in [0.4, 0.5) is 0 Å². The molecule has 1 aromatic carbocycles. The van der Waals surface area contributed by atoms with Crippen LogP contribution in [0.3, 0.4) is 0 Å². The number of aromatic nitrogens is 1. The van der Waals surface area contributed by atoms with Crippen LogP contribution in [0.5, 0.6) is 0 Å². The van der Waals surface area contributed by atoms with E-state index in [2.05, 4.69) is 0 Å². The van der Waals surface area contributed by atoms with Gasteiger partial charge in [-0.2, -0.15) is 0 Å². The van der Waals surface area contributed by atoms with Crippen molar-refractivity contribution >= 4 is 5.97 Å². The summed E-state index contributed by atoms with van der Waals surface area (Å²) in [5.74, 6) is -0.943. The van der Waals surface area contributed by atoms with Crippen molar-refractivity contribution in [3.8, 4) is 5.69 Å². The lowest BCUT2D eigenvalue weighted by Crippen LogP contribution is -2.18. The molecule has 86 valence electrons. The molecule has 0 bridgehead atoms. The summed E-state index contributed by atoms with van der Waals surface area (Å²) < 4.78 is 1.48. The van der Waals surface area contributed by atoms with Crippen LogP contribution in [0.1, 0.15) is 5.56 Å². The maximum Gasteiger partial charge on any atom is 0.307 e. The van der Waals surface area contributed by atoms with Crippen LogP contribution < -0.4 is 5.56 Å². The quantitative estimate of drug-likeness (QED) is 0.866. The molecule has 0 aliphatic rings. The molecule has 0 fully saturated rings.